The van der Waals surface area contributed by atoms with E-state index in [0.29, 0.717) is 35.0 Å². The molecule has 0 saturated heterocycles. The fourth-order valence-electron chi connectivity index (χ4n) is 5.45. The van der Waals surface area contributed by atoms with Gasteiger partial charge in [0, 0.05) is 37.3 Å². The molecule has 200 valence electrons. The minimum atomic E-state index is -1.16. The van der Waals surface area contributed by atoms with Crippen molar-refractivity contribution in [2.24, 2.45) is 0 Å². The van der Waals surface area contributed by atoms with Gasteiger partial charge in [0.05, 0.1) is 12.2 Å². The van der Waals surface area contributed by atoms with Gasteiger partial charge in [0.15, 0.2) is 11.5 Å². The monoisotopic (exact) mass is 525 g/mol. The highest BCUT2D eigenvalue weighted by molar-refractivity contribution is 5.77. The molecule has 1 aromatic carbocycles. The third kappa shape index (κ3) is 4.30. The second-order valence-corrected chi connectivity index (χ2v) is 11.0. The van der Waals surface area contributed by atoms with Crippen molar-refractivity contribution in [3.05, 3.63) is 82.4 Å². The van der Waals surface area contributed by atoms with Gasteiger partial charge in [0.2, 0.25) is 11.9 Å². The van der Waals surface area contributed by atoms with Gasteiger partial charge in [-0.05, 0) is 62.1 Å². The Bertz CT molecular complexity index is 1690. The van der Waals surface area contributed by atoms with E-state index in [1.54, 1.807) is 49.7 Å². The topological polar surface area (TPSA) is 118 Å². The zero-order valence-electron chi connectivity index (χ0n) is 22.3. The number of nitrogens with one attached hydrogen (secondary N) is 1. The largest absolute Gasteiger partial charge is 0.384 e. The van der Waals surface area contributed by atoms with E-state index in [1.165, 1.54) is 16.4 Å². The normalized spacial score (nSPS) is 15.8. The summed E-state index contributed by atoms with van der Waals surface area (Å²) in [7, 11) is 0. The van der Waals surface area contributed by atoms with E-state index in [1.807, 2.05) is 11.0 Å². The maximum Gasteiger partial charge on any atom is 0.278 e. The lowest BCUT2D eigenvalue weighted by atomic mass is 9.86. The minimum Gasteiger partial charge on any atom is -0.384 e. The first-order chi connectivity index (χ1) is 18.6. The number of pyridine rings is 1. The molecule has 1 amide bonds. The SMILES string of the molecule is C=CCn1c(=O)c2cnc(Nc3ccc4c(c3)CN(C(C)=O)CC43CC3)nc2n1-c1cccc(C(C)(C)O)n1. The van der Waals surface area contributed by atoms with E-state index in [9.17, 15) is 14.7 Å². The summed E-state index contributed by atoms with van der Waals surface area (Å²) in [5.74, 6) is 0.857. The molecule has 10 nitrogen and oxygen atoms in total. The van der Waals surface area contributed by atoms with Gasteiger partial charge in [-0.1, -0.05) is 18.2 Å². The molecule has 1 aliphatic heterocycles. The molecule has 6 rings (SSSR count). The van der Waals surface area contributed by atoms with Crippen LogP contribution < -0.4 is 10.9 Å². The first-order valence-electron chi connectivity index (χ1n) is 13.1. The summed E-state index contributed by atoms with van der Waals surface area (Å²) in [5, 5.41) is 14.1. The van der Waals surface area contributed by atoms with Crippen molar-refractivity contribution in [2.45, 2.75) is 57.7 Å². The Labute approximate surface area is 225 Å². The molecule has 4 aromatic rings. The van der Waals surface area contributed by atoms with Crippen molar-refractivity contribution in [1.29, 1.82) is 0 Å². The lowest BCUT2D eigenvalue weighted by Crippen LogP contribution is -2.40. The molecule has 3 aromatic heterocycles. The molecule has 1 fully saturated rings. The van der Waals surface area contributed by atoms with E-state index in [0.717, 1.165) is 30.6 Å². The third-order valence-electron chi connectivity index (χ3n) is 7.64. The van der Waals surface area contributed by atoms with E-state index >= 15 is 0 Å². The number of carbonyl (C=O) groups excluding carboxylic acids is 1. The standard InChI is InChI=1S/C29H31N7O3/c1-5-13-35-26(38)21-15-30-27(33-25(21)36(35)24-8-6-7-23(32-24)28(3,4)39)31-20-9-10-22-19(14-20)16-34(18(2)37)17-29(22)11-12-29/h5-10,14-15,39H,1,11-13,16-17H2,2-4H3,(H,30,31,33). The molecule has 1 aliphatic carbocycles. The number of aliphatic hydroxyl groups is 1. The molecule has 10 heteroatoms. The number of carbonyl (C=O) groups is 1. The van der Waals surface area contributed by atoms with E-state index in [2.05, 4.69) is 34.0 Å². The fraction of sp³-hybridized carbons (Fsp3) is 0.345. The third-order valence-corrected chi connectivity index (χ3v) is 7.64. The van der Waals surface area contributed by atoms with Crippen molar-refractivity contribution in [2.75, 3.05) is 11.9 Å². The van der Waals surface area contributed by atoms with Gasteiger partial charge in [0.1, 0.15) is 11.0 Å². The van der Waals surface area contributed by atoms with Crippen LogP contribution >= 0.6 is 0 Å². The number of benzene rings is 1. The van der Waals surface area contributed by atoms with Crippen LogP contribution in [0.2, 0.25) is 0 Å². The van der Waals surface area contributed by atoms with Crippen LogP contribution in [-0.4, -0.2) is 46.8 Å². The second kappa shape index (κ2) is 8.88. The average molecular weight is 526 g/mol. The highest BCUT2D eigenvalue weighted by atomic mass is 16.3. The summed E-state index contributed by atoms with van der Waals surface area (Å²) >= 11 is 0. The first-order valence-corrected chi connectivity index (χ1v) is 13.1. The quantitative estimate of drug-likeness (QED) is 0.370. The Hall–Kier alpha value is -4.31. The molecule has 1 spiro atoms. The summed E-state index contributed by atoms with van der Waals surface area (Å²) in [6, 6.07) is 11.5. The van der Waals surface area contributed by atoms with Crippen LogP contribution in [0, 0.1) is 0 Å². The maximum absolute atomic E-state index is 13.3. The molecule has 4 heterocycles. The van der Waals surface area contributed by atoms with Gasteiger partial charge in [0.25, 0.3) is 5.56 Å². The minimum absolute atomic E-state index is 0.0853. The number of nitrogens with zero attached hydrogens (tertiary/aromatic N) is 6. The predicted molar refractivity (Wildman–Crippen MR) is 148 cm³/mol. The summed E-state index contributed by atoms with van der Waals surface area (Å²) in [5.41, 5.74) is 2.76. The molecule has 39 heavy (non-hydrogen) atoms. The molecule has 0 unspecified atom stereocenters. The smallest absolute Gasteiger partial charge is 0.278 e. The second-order valence-electron chi connectivity index (χ2n) is 11.0. The Morgan fingerprint density at radius 3 is 2.72 bits per heavy atom. The molecular formula is C29H31N7O3. The molecule has 0 radical (unpaired) electrons. The van der Waals surface area contributed by atoms with E-state index in [-0.39, 0.29) is 23.4 Å². The number of fused-ring (bicyclic) bond motifs is 3. The van der Waals surface area contributed by atoms with Gasteiger partial charge in [-0.3, -0.25) is 9.59 Å². The van der Waals surface area contributed by atoms with Crippen LogP contribution in [0.4, 0.5) is 11.6 Å². The van der Waals surface area contributed by atoms with Crippen molar-refractivity contribution >= 4 is 28.6 Å². The Morgan fingerprint density at radius 1 is 1.23 bits per heavy atom. The number of rotatable bonds is 6. The number of hydrogen-bond acceptors (Lipinski definition) is 7. The Balaban J connectivity index is 1.41. The number of allylic oxidation sites excluding steroid dienone is 1. The van der Waals surface area contributed by atoms with Crippen molar-refractivity contribution in [3.8, 4) is 5.82 Å². The lowest BCUT2D eigenvalue weighted by Gasteiger charge is -2.34. The van der Waals surface area contributed by atoms with Crippen molar-refractivity contribution in [1.82, 2.24) is 29.2 Å². The van der Waals surface area contributed by atoms with E-state index < -0.39 is 5.60 Å². The van der Waals surface area contributed by atoms with Crippen LogP contribution in [-0.2, 0) is 28.9 Å². The summed E-state index contributed by atoms with van der Waals surface area (Å²) in [4.78, 5) is 41.1. The molecular weight excluding hydrogens is 494 g/mol. The average Bonchev–Trinajstić information content (AvgIpc) is 3.61. The number of hydrogen-bond donors (Lipinski definition) is 2. The Morgan fingerprint density at radius 2 is 2.03 bits per heavy atom. The zero-order chi connectivity index (χ0) is 27.5. The van der Waals surface area contributed by atoms with Gasteiger partial charge in [-0.25, -0.2) is 19.3 Å². The highest BCUT2D eigenvalue weighted by Crippen LogP contribution is 2.52. The summed E-state index contributed by atoms with van der Waals surface area (Å²) < 4.78 is 3.13. The van der Waals surface area contributed by atoms with Gasteiger partial charge < -0.3 is 15.3 Å². The number of aromatic nitrogens is 5. The molecule has 2 aliphatic rings. The maximum atomic E-state index is 13.3. The van der Waals surface area contributed by atoms with Crippen LogP contribution in [0.25, 0.3) is 16.9 Å². The van der Waals surface area contributed by atoms with Gasteiger partial charge in [-0.2, -0.15) is 4.98 Å². The molecule has 2 N–H and O–H groups in total. The number of anilines is 2. The van der Waals surface area contributed by atoms with Crippen molar-refractivity contribution in [3.63, 3.8) is 0 Å². The van der Waals surface area contributed by atoms with Crippen LogP contribution in [0.3, 0.4) is 0 Å². The van der Waals surface area contributed by atoms with Gasteiger partial charge in [-0.15, -0.1) is 6.58 Å². The summed E-state index contributed by atoms with van der Waals surface area (Å²) in [6.07, 6.45) is 5.34. The molecule has 1 saturated carbocycles. The van der Waals surface area contributed by atoms with E-state index in [4.69, 9.17) is 4.98 Å². The zero-order valence-corrected chi connectivity index (χ0v) is 22.3. The van der Waals surface area contributed by atoms with Crippen LogP contribution in [0.5, 0.6) is 0 Å². The first kappa shape index (κ1) is 25.0. The van der Waals surface area contributed by atoms with Gasteiger partial charge >= 0.3 is 0 Å². The lowest BCUT2D eigenvalue weighted by molar-refractivity contribution is -0.130. The number of amides is 1. The fourth-order valence-corrected chi connectivity index (χ4v) is 5.45. The van der Waals surface area contributed by atoms with Crippen LogP contribution in [0.15, 0.2) is 60.0 Å². The van der Waals surface area contributed by atoms with Crippen LogP contribution in [0.1, 0.15) is 50.4 Å². The molecule has 0 bridgehead atoms. The summed E-state index contributed by atoms with van der Waals surface area (Å²) in [6.45, 7) is 10.3. The molecule has 0 atom stereocenters. The van der Waals surface area contributed by atoms with Crippen molar-refractivity contribution < 1.29 is 9.90 Å². The predicted octanol–water partition coefficient (Wildman–Crippen LogP) is 3.53. The highest BCUT2D eigenvalue weighted by Gasteiger charge is 2.49. The Kier molecular flexibility index (Phi) is 5.69.